The van der Waals surface area contributed by atoms with Gasteiger partial charge in [-0.15, -0.1) is 0 Å². The van der Waals surface area contributed by atoms with Crippen LogP contribution in [0.4, 0.5) is 5.69 Å². The van der Waals surface area contributed by atoms with Gasteiger partial charge in [0.2, 0.25) is 0 Å². The van der Waals surface area contributed by atoms with Crippen LogP contribution in [0.1, 0.15) is 39.1 Å². The maximum absolute atomic E-state index is 12.8. The van der Waals surface area contributed by atoms with Crippen LogP contribution in [-0.2, 0) is 9.84 Å². The van der Waals surface area contributed by atoms with E-state index < -0.39 is 15.7 Å². The summed E-state index contributed by atoms with van der Waals surface area (Å²) < 4.78 is 23.6. The second-order valence-electron chi connectivity index (χ2n) is 6.89. The molecule has 2 aromatic rings. The third-order valence-electron chi connectivity index (χ3n) is 4.74. The molecule has 148 valence electrons. The second-order valence-corrected chi connectivity index (χ2v) is 9.34. The molecule has 8 heteroatoms. The van der Waals surface area contributed by atoms with Crippen molar-refractivity contribution in [2.75, 3.05) is 24.7 Å². The lowest BCUT2D eigenvalue weighted by atomic mass is 10.1. The Labute approximate surface area is 169 Å². The van der Waals surface area contributed by atoms with E-state index in [0.29, 0.717) is 34.9 Å². The third-order valence-corrected chi connectivity index (χ3v) is 6.08. The van der Waals surface area contributed by atoms with Crippen LogP contribution in [-0.4, -0.2) is 44.5 Å². The van der Waals surface area contributed by atoms with Crippen molar-refractivity contribution in [3.05, 3.63) is 58.1 Å². The highest BCUT2D eigenvalue weighted by atomic mass is 35.5. The van der Waals surface area contributed by atoms with Gasteiger partial charge in [0.25, 0.3) is 11.8 Å². The van der Waals surface area contributed by atoms with Crippen LogP contribution in [0.25, 0.3) is 0 Å². The number of carbonyl (C=O) groups is 2. The Hall–Kier alpha value is -2.38. The molecule has 0 aliphatic carbocycles. The van der Waals surface area contributed by atoms with E-state index in [9.17, 15) is 18.0 Å². The zero-order chi connectivity index (χ0) is 20.5. The van der Waals surface area contributed by atoms with Crippen LogP contribution in [0, 0.1) is 6.92 Å². The van der Waals surface area contributed by atoms with E-state index in [1.807, 2.05) is 0 Å². The fraction of sp³-hybridized carbons (Fsp3) is 0.300. The number of nitrogens with one attached hydrogen (secondary N) is 1. The number of nitrogens with zero attached hydrogens (tertiary/aromatic N) is 1. The van der Waals surface area contributed by atoms with Gasteiger partial charge in [0.05, 0.1) is 16.1 Å². The summed E-state index contributed by atoms with van der Waals surface area (Å²) in [4.78, 5) is 27.5. The minimum atomic E-state index is -3.44. The first kappa shape index (κ1) is 20.4. The molecule has 0 aromatic heterocycles. The fourth-order valence-electron chi connectivity index (χ4n) is 3.16. The number of amides is 2. The number of carbonyl (C=O) groups excluding carboxylic acids is 2. The smallest absolute Gasteiger partial charge is 0.256 e. The topological polar surface area (TPSA) is 83.5 Å². The molecule has 28 heavy (non-hydrogen) atoms. The molecule has 2 aromatic carbocycles. The Morgan fingerprint density at radius 1 is 1.04 bits per heavy atom. The Morgan fingerprint density at radius 3 is 2.36 bits per heavy atom. The zero-order valence-electron chi connectivity index (χ0n) is 15.7. The van der Waals surface area contributed by atoms with Crippen molar-refractivity contribution in [2.45, 2.75) is 24.7 Å². The van der Waals surface area contributed by atoms with Gasteiger partial charge >= 0.3 is 0 Å². The number of benzene rings is 2. The summed E-state index contributed by atoms with van der Waals surface area (Å²) in [5.74, 6) is -0.669. The molecule has 0 spiro atoms. The van der Waals surface area contributed by atoms with E-state index in [2.05, 4.69) is 5.32 Å². The monoisotopic (exact) mass is 420 g/mol. The normalized spacial score (nSPS) is 14.2. The highest BCUT2D eigenvalue weighted by Crippen LogP contribution is 2.25. The molecule has 1 aliphatic rings. The van der Waals surface area contributed by atoms with Crippen LogP contribution in [0.3, 0.4) is 0 Å². The summed E-state index contributed by atoms with van der Waals surface area (Å²) in [6.07, 6.45) is 2.99. The molecule has 0 saturated carbocycles. The summed E-state index contributed by atoms with van der Waals surface area (Å²) in [5.41, 5.74) is 1.53. The lowest BCUT2D eigenvalue weighted by Gasteiger charge is -2.18. The van der Waals surface area contributed by atoms with Crippen molar-refractivity contribution < 1.29 is 18.0 Å². The number of anilines is 1. The second kappa shape index (κ2) is 7.93. The minimum absolute atomic E-state index is 0.0627. The Bertz CT molecular complexity index is 1040. The number of likely N-dealkylation sites (tertiary alicyclic amines) is 1. The standard InChI is InChI=1S/C20H21ClN2O4S/c1-13-5-7-15(28(2,26)27)12-16(13)19(24)22-18-8-6-14(21)11-17(18)20(25)23-9-3-4-10-23/h5-8,11-12H,3-4,9-10H2,1-2H3,(H,22,24). The molecule has 0 bridgehead atoms. The van der Waals surface area contributed by atoms with E-state index >= 15 is 0 Å². The quantitative estimate of drug-likeness (QED) is 0.819. The number of rotatable bonds is 4. The van der Waals surface area contributed by atoms with Crippen LogP contribution >= 0.6 is 11.6 Å². The van der Waals surface area contributed by atoms with Crippen molar-refractivity contribution in [1.82, 2.24) is 4.90 Å². The van der Waals surface area contributed by atoms with E-state index in [0.717, 1.165) is 19.1 Å². The largest absolute Gasteiger partial charge is 0.339 e. The molecule has 1 fully saturated rings. The van der Waals surface area contributed by atoms with E-state index in [1.165, 1.54) is 18.2 Å². The van der Waals surface area contributed by atoms with Crippen LogP contribution in [0.15, 0.2) is 41.3 Å². The Kier molecular flexibility index (Phi) is 5.76. The molecule has 1 N–H and O–H groups in total. The Balaban J connectivity index is 1.94. The van der Waals surface area contributed by atoms with E-state index in [-0.39, 0.29) is 16.4 Å². The van der Waals surface area contributed by atoms with Crippen molar-refractivity contribution in [3.8, 4) is 0 Å². The van der Waals surface area contributed by atoms with Crippen molar-refractivity contribution >= 4 is 38.9 Å². The van der Waals surface area contributed by atoms with Crippen molar-refractivity contribution in [1.29, 1.82) is 0 Å². The predicted octanol–water partition coefficient (Wildman–Crippen LogP) is 3.54. The van der Waals surface area contributed by atoms with Crippen molar-refractivity contribution in [3.63, 3.8) is 0 Å². The number of sulfone groups is 1. The fourth-order valence-corrected chi connectivity index (χ4v) is 3.98. The van der Waals surface area contributed by atoms with Gasteiger partial charge in [-0.1, -0.05) is 17.7 Å². The number of halogens is 1. The van der Waals surface area contributed by atoms with E-state index in [1.54, 1.807) is 30.0 Å². The average Bonchev–Trinajstić information content (AvgIpc) is 3.16. The Morgan fingerprint density at radius 2 is 1.71 bits per heavy atom. The minimum Gasteiger partial charge on any atom is -0.339 e. The lowest BCUT2D eigenvalue weighted by Crippen LogP contribution is -2.29. The number of aryl methyl sites for hydroxylation is 1. The van der Waals surface area contributed by atoms with Crippen LogP contribution in [0.5, 0.6) is 0 Å². The summed E-state index contributed by atoms with van der Waals surface area (Å²) in [7, 11) is -3.44. The summed E-state index contributed by atoms with van der Waals surface area (Å²) in [6, 6.07) is 9.11. The molecule has 0 radical (unpaired) electrons. The first-order valence-corrected chi connectivity index (χ1v) is 11.1. The van der Waals surface area contributed by atoms with Gasteiger partial charge in [-0.05, 0) is 55.7 Å². The molecule has 2 amide bonds. The predicted molar refractivity (Wildman–Crippen MR) is 109 cm³/mol. The SMILES string of the molecule is Cc1ccc(S(C)(=O)=O)cc1C(=O)Nc1ccc(Cl)cc1C(=O)N1CCCC1. The van der Waals surface area contributed by atoms with Crippen molar-refractivity contribution in [2.24, 2.45) is 0 Å². The first-order chi connectivity index (χ1) is 13.2. The van der Waals surface area contributed by atoms with Crippen LogP contribution < -0.4 is 5.32 Å². The molecule has 1 saturated heterocycles. The maximum atomic E-state index is 12.8. The highest BCUT2D eigenvalue weighted by molar-refractivity contribution is 7.90. The van der Waals surface area contributed by atoms with Gasteiger partial charge in [0.1, 0.15) is 0 Å². The molecule has 6 nitrogen and oxygen atoms in total. The molecular weight excluding hydrogens is 400 g/mol. The molecule has 1 heterocycles. The summed E-state index contributed by atoms with van der Waals surface area (Å²) >= 11 is 6.07. The van der Waals surface area contributed by atoms with Gasteiger partial charge in [-0.2, -0.15) is 0 Å². The molecule has 3 rings (SSSR count). The molecule has 1 aliphatic heterocycles. The number of hydrogen-bond acceptors (Lipinski definition) is 4. The maximum Gasteiger partial charge on any atom is 0.256 e. The molecule has 0 unspecified atom stereocenters. The third kappa shape index (κ3) is 4.36. The zero-order valence-corrected chi connectivity index (χ0v) is 17.2. The van der Waals surface area contributed by atoms with Gasteiger partial charge in [-0.3, -0.25) is 9.59 Å². The first-order valence-electron chi connectivity index (χ1n) is 8.88. The van der Waals surface area contributed by atoms with Gasteiger partial charge in [0, 0.05) is 29.9 Å². The lowest BCUT2D eigenvalue weighted by molar-refractivity contribution is 0.0794. The molecule has 0 atom stereocenters. The van der Waals surface area contributed by atoms with Gasteiger partial charge in [0.15, 0.2) is 9.84 Å². The van der Waals surface area contributed by atoms with Gasteiger partial charge in [-0.25, -0.2) is 8.42 Å². The average molecular weight is 421 g/mol. The van der Waals surface area contributed by atoms with Crippen LogP contribution in [0.2, 0.25) is 5.02 Å². The van der Waals surface area contributed by atoms with E-state index in [4.69, 9.17) is 11.6 Å². The van der Waals surface area contributed by atoms with Gasteiger partial charge < -0.3 is 10.2 Å². The highest BCUT2D eigenvalue weighted by Gasteiger charge is 2.23. The summed E-state index contributed by atoms with van der Waals surface area (Å²) in [6.45, 7) is 3.07. The summed E-state index contributed by atoms with van der Waals surface area (Å²) in [5, 5.41) is 3.14. The molecular formula is C20H21ClN2O4S. The number of hydrogen-bond donors (Lipinski definition) is 1.